The molecule has 0 aliphatic rings. The molecule has 0 aliphatic carbocycles. The molecule has 170 valence electrons. The smallest absolute Gasteiger partial charge is 0.263 e. The van der Waals surface area contributed by atoms with E-state index in [1.54, 1.807) is 44.2 Å². The van der Waals surface area contributed by atoms with Crippen LogP contribution in [0.2, 0.25) is 10.0 Å². The summed E-state index contributed by atoms with van der Waals surface area (Å²) in [7, 11) is 0. The molecule has 33 heavy (non-hydrogen) atoms. The van der Waals surface area contributed by atoms with Crippen molar-refractivity contribution in [1.82, 2.24) is 5.32 Å². The average molecular weight is 481 g/mol. The van der Waals surface area contributed by atoms with Gasteiger partial charge in [0.25, 0.3) is 5.91 Å². The molecular weight excluding hydrogens is 455 g/mol. The van der Waals surface area contributed by atoms with Crippen LogP contribution in [0.3, 0.4) is 0 Å². The van der Waals surface area contributed by atoms with Crippen molar-refractivity contribution >= 4 is 29.1 Å². The fourth-order valence-corrected chi connectivity index (χ4v) is 4.01. The summed E-state index contributed by atoms with van der Waals surface area (Å²) in [6.07, 6.45) is 0. The summed E-state index contributed by atoms with van der Waals surface area (Å²) < 4.78 is 5.92. The molecule has 0 fully saturated rings. The van der Waals surface area contributed by atoms with Crippen molar-refractivity contribution in [3.05, 3.63) is 99.5 Å². The van der Waals surface area contributed by atoms with E-state index in [4.69, 9.17) is 27.9 Å². The standard InChI is InChI=1S/C27H26Cl2N2O2/c1-18(20-10-12-22(28)13-11-20)25(21-7-4-6-19(14-21)16-30)17-31-26(32)27(2,3)33-24-9-5-8-23(29)15-24/h4-15,18,25H,17H2,1-3H3,(H,31,32). The van der Waals surface area contributed by atoms with Crippen molar-refractivity contribution in [1.29, 1.82) is 5.26 Å². The fourth-order valence-electron chi connectivity index (χ4n) is 3.71. The number of carbonyl (C=O) groups excluding carboxylic acids is 1. The molecule has 0 bridgehead atoms. The molecule has 3 rings (SSSR count). The quantitative estimate of drug-likeness (QED) is 0.388. The van der Waals surface area contributed by atoms with Crippen LogP contribution in [0, 0.1) is 11.3 Å². The third-order valence-electron chi connectivity index (χ3n) is 5.64. The van der Waals surface area contributed by atoms with E-state index in [0.29, 0.717) is 27.9 Å². The van der Waals surface area contributed by atoms with E-state index in [9.17, 15) is 10.1 Å². The van der Waals surface area contributed by atoms with Crippen molar-refractivity contribution in [3.8, 4) is 11.8 Å². The highest BCUT2D eigenvalue weighted by molar-refractivity contribution is 6.30. The van der Waals surface area contributed by atoms with E-state index < -0.39 is 5.60 Å². The lowest BCUT2D eigenvalue weighted by molar-refractivity contribution is -0.134. The van der Waals surface area contributed by atoms with Gasteiger partial charge in [0.2, 0.25) is 0 Å². The predicted molar refractivity (Wildman–Crippen MR) is 133 cm³/mol. The summed E-state index contributed by atoms with van der Waals surface area (Å²) >= 11 is 12.1. The molecular formula is C27H26Cl2N2O2. The first-order valence-corrected chi connectivity index (χ1v) is 11.4. The van der Waals surface area contributed by atoms with Gasteiger partial charge >= 0.3 is 0 Å². The Morgan fingerprint density at radius 1 is 1.00 bits per heavy atom. The van der Waals surface area contributed by atoms with Gasteiger partial charge < -0.3 is 10.1 Å². The average Bonchev–Trinajstić information content (AvgIpc) is 2.79. The van der Waals surface area contributed by atoms with Crippen molar-refractivity contribution in [2.75, 3.05) is 6.54 Å². The number of hydrogen-bond donors (Lipinski definition) is 1. The Balaban J connectivity index is 1.81. The van der Waals surface area contributed by atoms with Gasteiger partial charge in [-0.1, -0.05) is 60.5 Å². The summed E-state index contributed by atoms with van der Waals surface area (Å²) in [4.78, 5) is 13.1. The second-order valence-electron chi connectivity index (χ2n) is 8.46. The van der Waals surface area contributed by atoms with Gasteiger partial charge in [0, 0.05) is 22.5 Å². The van der Waals surface area contributed by atoms with Gasteiger partial charge in [0.1, 0.15) is 5.75 Å². The first-order chi connectivity index (χ1) is 15.7. The zero-order valence-corrected chi connectivity index (χ0v) is 20.3. The maximum atomic E-state index is 13.1. The van der Waals surface area contributed by atoms with Crippen LogP contribution < -0.4 is 10.1 Å². The number of carbonyl (C=O) groups is 1. The number of halogens is 2. The maximum absolute atomic E-state index is 13.1. The molecule has 1 amide bonds. The molecule has 0 saturated heterocycles. The van der Waals surface area contributed by atoms with Crippen LogP contribution in [-0.2, 0) is 4.79 Å². The predicted octanol–water partition coefficient (Wildman–Crippen LogP) is 6.73. The summed E-state index contributed by atoms with van der Waals surface area (Å²) in [5, 5.41) is 13.6. The lowest BCUT2D eigenvalue weighted by atomic mass is 9.82. The number of rotatable bonds is 8. The van der Waals surface area contributed by atoms with E-state index in [0.717, 1.165) is 11.1 Å². The Morgan fingerprint density at radius 3 is 2.36 bits per heavy atom. The van der Waals surface area contributed by atoms with Gasteiger partial charge in [-0.25, -0.2) is 0 Å². The maximum Gasteiger partial charge on any atom is 0.263 e. The minimum atomic E-state index is -1.10. The normalized spacial score (nSPS) is 13.0. The molecule has 2 atom stereocenters. The minimum Gasteiger partial charge on any atom is -0.478 e. The van der Waals surface area contributed by atoms with Crippen molar-refractivity contribution < 1.29 is 9.53 Å². The monoisotopic (exact) mass is 480 g/mol. The molecule has 0 aromatic heterocycles. The van der Waals surface area contributed by atoms with Gasteiger partial charge in [-0.05, 0) is 73.4 Å². The van der Waals surface area contributed by atoms with E-state index in [-0.39, 0.29) is 17.7 Å². The minimum absolute atomic E-state index is 0.0634. The first-order valence-electron chi connectivity index (χ1n) is 10.7. The van der Waals surface area contributed by atoms with Gasteiger partial charge in [-0.3, -0.25) is 4.79 Å². The zero-order chi connectivity index (χ0) is 24.0. The molecule has 2 unspecified atom stereocenters. The second kappa shape index (κ2) is 10.7. The van der Waals surface area contributed by atoms with Gasteiger partial charge in [-0.15, -0.1) is 0 Å². The summed E-state index contributed by atoms with van der Waals surface area (Å²) in [5.41, 5.74) is 1.55. The van der Waals surface area contributed by atoms with Gasteiger partial charge in [-0.2, -0.15) is 5.26 Å². The second-order valence-corrected chi connectivity index (χ2v) is 9.34. The van der Waals surface area contributed by atoms with Crippen LogP contribution in [0.5, 0.6) is 5.75 Å². The zero-order valence-electron chi connectivity index (χ0n) is 18.8. The molecule has 6 heteroatoms. The highest BCUT2D eigenvalue weighted by atomic mass is 35.5. The molecule has 0 spiro atoms. The number of nitrogens with one attached hydrogen (secondary N) is 1. The van der Waals surface area contributed by atoms with Crippen LogP contribution in [0.15, 0.2) is 72.8 Å². The van der Waals surface area contributed by atoms with Gasteiger partial charge in [0.15, 0.2) is 5.60 Å². The Morgan fingerprint density at radius 2 is 1.70 bits per heavy atom. The Bertz CT molecular complexity index is 1150. The molecule has 4 nitrogen and oxygen atoms in total. The molecule has 3 aromatic carbocycles. The number of amides is 1. The molecule has 1 N–H and O–H groups in total. The summed E-state index contributed by atoms with van der Waals surface area (Å²) in [6.45, 7) is 5.92. The van der Waals surface area contributed by atoms with Crippen LogP contribution >= 0.6 is 23.2 Å². The number of benzene rings is 3. The Hall–Kier alpha value is -3.00. The fraction of sp³-hybridized carbons (Fsp3) is 0.259. The van der Waals surface area contributed by atoms with Crippen LogP contribution in [0.25, 0.3) is 0 Å². The molecule has 0 radical (unpaired) electrons. The third-order valence-corrected chi connectivity index (χ3v) is 6.13. The lowest BCUT2D eigenvalue weighted by Crippen LogP contribution is -2.47. The first kappa shape index (κ1) is 24.6. The van der Waals surface area contributed by atoms with Crippen LogP contribution in [0.4, 0.5) is 0 Å². The topological polar surface area (TPSA) is 62.1 Å². The van der Waals surface area contributed by atoms with Crippen LogP contribution in [-0.4, -0.2) is 18.1 Å². The highest BCUT2D eigenvalue weighted by Gasteiger charge is 2.31. The Labute approximate surface area is 205 Å². The van der Waals surface area contributed by atoms with E-state index in [1.165, 1.54) is 0 Å². The van der Waals surface area contributed by atoms with E-state index >= 15 is 0 Å². The van der Waals surface area contributed by atoms with E-state index in [1.807, 2.05) is 42.5 Å². The Kier molecular flexibility index (Phi) is 8.02. The third kappa shape index (κ3) is 6.51. The highest BCUT2D eigenvalue weighted by Crippen LogP contribution is 2.33. The van der Waals surface area contributed by atoms with Crippen LogP contribution in [0.1, 0.15) is 49.3 Å². The van der Waals surface area contributed by atoms with Crippen molar-refractivity contribution in [2.24, 2.45) is 0 Å². The lowest BCUT2D eigenvalue weighted by Gasteiger charge is -2.29. The number of hydrogen-bond acceptors (Lipinski definition) is 3. The van der Waals surface area contributed by atoms with E-state index in [2.05, 4.69) is 18.3 Å². The molecule has 0 saturated carbocycles. The van der Waals surface area contributed by atoms with Gasteiger partial charge in [0.05, 0.1) is 11.6 Å². The molecule has 3 aromatic rings. The summed E-state index contributed by atoms with van der Waals surface area (Å²) in [6, 6.07) is 24.3. The molecule has 0 heterocycles. The summed E-state index contributed by atoms with van der Waals surface area (Å²) in [5.74, 6) is 0.279. The largest absolute Gasteiger partial charge is 0.478 e. The SMILES string of the molecule is CC(c1ccc(Cl)cc1)C(CNC(=O)C(C)(C)Oc1cccc(Cl)c1)c1cccc(C#N)c1. The number of ether oxygens (including phenoxy) is 1. The number of nitriles is 1. The van der Waals surface area contributed by atoms with Crippen molar-refractivity contribution in [2.45, 2.75) is 38.2 Å². The van der Waals surface area contributed by atoms with Crippen molar-refractivity contribution in [3.63, 3.8) is 0 Å². The number of nitrogens with zero attached hydrogens (tertiary/aromatic N) is 1. The molecule has 0 aliphatic heterocycles.